The molecule has 0 radical (unpaired) electrons. The summed E-state index contributed by atoms with van der Waals surface area (Å²) in [5.74, 6) is -0.336. The summed E-state index contributed by atoms with van der Waals surface area (Å²) in [6.45, 7) is 1.62. The number of Topliss-reactive ketones (excluding diaryl/α,β-unsaturated/α-hetero) is 1. The average molecular weight is 321 g/mol. The number of nitrogens with zero attached hydrogens (tertiary/aromatic N) is 1. The number of nitro benzene ring substituents is 1. The van der Waals surface area contributed by atoms with Gasteiger partial charge in [-0.05, 0) is 24.6 Å². The molecule has 1 aliphatic heterocycles. The van der Waals surface area contributed by atoms with E-state index in [-0.39, 0.29) is 11.5 Å². The van der Waals surface area contributed by atoms with Crippen LogP contribution < -0.4 is 0 Å². The van der Waals surface area contributed by atoms with E-state index >= 15 is 0 Å². The molecular formula is C15H15NO5S. The summed E-state index contributed by atoms with van der Waals surface area (Å²) in [6, 6.07) is 4.56. The van der Waals surface area contributed by atoms with Crippen LogP contribution in [0.2, 0.25) is 0 Å². The number of esters is 1. The molecule has 6 nitrogen and oxygen atoms in total. The molecule has 0 amide bonds. The van der Waals surface area contributed by atoms with E-state index in [4.69, 9.17) is 0 Å². The molecule has 1 heterocycles. The second-order valence-corrected chi connectivity index (χ2v) is 5.99. The van der Waals surface area contributed by atoms with Crippen LogP contribution in [0.15, 0.2) is 23.1 Å². The molecule has 1 unspecified atom stereocenters. The molecule has 0 spiro atoms. The molecule has 0 aromatic heterocycles. The van der Waals surface area contributed by atoms with Gasteiger partial charge in [0.1, 0.15) is 0 Å². The van der Waals surface area contributed by atoms with E-state index in [1.165, 1.54) is 24.9 Å². The molecule has 1 aromatic rings. The van der Waals surface area contributed by atoms with Crippen LogP contribution in [0.1, 0.15) is 30.4 Å². The number of rotatable bonds is 4. The van der Waals surface area contributed by atoms with Gasteiger partial charge in [-0.25, -0.2) is 0 Å². The van der Waals surface area contributed by atoms with Gasteiger partial charge in [0.15, 0.2) is 5.78 Å². The van der Waals surface area contributed by atoms with Crippen LogP contribution in [0, 0.1) is 10.1 Å². The van der Waals surface area contributed by atoms with Gasteiger partial charge in [-0.1, -0.05) is 6.07 Å². The summed E-state index contributed by atoms with van der Waals surface area (Å²) in [4.78, 5) is 34.5. The Kier molecular flexibility index (Phi) is 4.97. The highest BCUT2D eigenvalue weighted by molar-refractivity contribution is 8.04. The Morgan fingerprint density at radius 1 is 1.50 bits per heavy atom. The van der Waals surface area contributed by atoms with Crippen LogP contribution in [0.4, 0.5) is 5.69 Å². The number of carbonyl (C=O) groups excluding carboxylic acids is 2. The second-order valence-electron chi connectivity index (χ2n) is 4.85. The van der Waals surface area contributed by atoms with Gasteiger partial charge in [0, 0.05) is 18.2 Å². The number of benzene rings is 1. The maximum Gasteiger partial charge on any atom is 0.312 e. The van der Waals surface area contributed by atoms with Crippen LogP contribution in [-0.4, -0.2) is 29.5 Å². The third-order valence-corrected chi connectivity index (χ3v) is 4.52. The van der Waals surface area contributed by atoms with Crippen molar-refractivity contribution in [1.29, 1.82) is 0 Å². The molecule has 1 atom stereocenters. The van der Waals surface area contributed by atoms with Crippen molar-refractivity contribution in [3.8, 4) is 0 Å². The fraction of sp³-hybridized carbons (Fsp3) is 0.333. The van der Waals surface area contributed by atoms with E-state index in [1.807, 2.05) is 0 Å². The molecule has 0 bridgehead atoms. The maximum atomic E-state index is 11.6. The first-order valence-electron chi connectivity index (χ1n) is 6.68. The van der Waals surface area contributed by atoms with E-state index in [1.54, 1.807) is 25.1 Å². The Morgan fingerprint density at radius 3 is 2.77 bits per heavy atom. The SMILES string of the molecule is COC(=O)C(C)c1ccc(C=C2SCCC2=O)c([N+](=O)[O-])c1. The van der Waals surface area contributed by atoms with Gasteiger partial charge in [0.25, 0.3) is 5.69 Å². The lowest BCUT2D eigenvalue weighted by Crippen LogP contribution is -2.11. The standard InChI is InChI=1S/C15H15NO5S/c1-9(15(18)21-2)10-3-4-11(12(7-10)16(19)20)8-14-13(17)5-6-22-14/h3-4,7-9H,5-6H2,1-2H3. The highest BCUT2D eigenvalue weighted by Gasteiger charge is 2.23. The summed E-state index contributed by atoms with van der Waals surface area (Å²) in [6.07, 6.45) is 2.01. The molecule has 0 saturated carbocycles. The van der Waals surface area contributed by atoms with Crippen LogP contribution >= 0.6 is 11.8 Å². The zero-order valence-electron chi connectivity index (χ0n) is 12.2. The first-order chi connectivity index (χ1) is 10.4. The summed E-state index contributed by atoms with van der Waals surface area (Å²) in [5, 5.41) is 11.3. The highest BCUT2D eigenvalue weighted by atomic mass is 32.2. The molecule has 116 valence electrons. The minimum atomic E-state index is -0.590. The van der Waals surface area contributed by atoms with E-state index in [9.17, 15) is 19.7 Å². The highest BCUT2D eigenvalue weighted by Crippen LogP contribution is 2.33. The first kappa shape index (κ1) is 16.2. The van der Waals surface area contributed by atoms with Crippen molar-refractivity contribution >= 4 is 35.3 Å². The molecule has 2 rings (SSSR count). The summed E-state index contributed by atoms with van der Waals surface area (Å²) >= 11 is 1.40. The predicted octanol–water partition coefficient (Wildman–Crippen LogP) is 2.92. The number of carbonyl (C=O) groups is 2. The van der Waals surface area contributed by atoms with Crippen molar-refractivity contribution in [1.82, 2.24) is 0 Å². The van der Waals surface area contributed by atoms with Crippen LogP contribution in [-0.2, 0) is 14.3 Å². The fourth-order valence-corrected chi connectivity index (χ4v) is 3.12. The van der Waals surface area contributed by atoms with Crippen molar-refractivity contribution in [3.05, 3.63) is 44.3 Å². The normalized spacial score (nSPS) is 17.5. The zero-order valence-corrected chi connectivity index (χ0v) is 13.0. The smallest absolute Gasteiger partial charge is 0.312 e. The molecule has 0 N–H and O–H groups in total. The largest absolute Gasteiger partial charge is 0.469 e. The third-order valence-electron chi connectivity index (χ3n) is 3.45. The molecule has 7 heteroatoms. The van der Waals surface area contributed by atoms with Gasteiger partial charge in [0.05, 0.1) is 28.4 Å². The van der Waals surface area contributed by atoms with Crippen molar-refractivity contribution in [2.24, 2.45) is 0 Å². The molecule has 1 fully saturated rings. The molecule has 0 aliphatic carbocycles. The van der Waals surface area contributed by atoms with Crippen molar-refractivity contribution < 1.29 is 19.2 Å². The average Bonchev–Trinajstić information content (AvgIpc) is 2.91. The van der Waals surface area contributed by atoms with E-state index < -0.39 is 16.8 Å². The van der Waals surface area contributed by atoms with Gasteiger partial charge in [-0.15, -0.1) is 11.8 Å². The van der Waals surface area contributed by atoms with E-state index in [0.29, 0.717) is 28.2 Å². The van der Waals surface area contributed by atoms with Gasteiger partial charge in [-0.3, -0.25) is 19.7 Å². The number of ketones is 1. The number of methoxy groups -OCH3 is 1. The molecule has 1 aliphatic rings. The number of allylic oxidation sites excluding steroid dienone is 1. The van der Waals surface area contributed by atoms with Crippen LogP contribution in [0.3, 0.4) is 0 Å². The van der Waals surface area contributed by atoms with Gasteiger partial charge >= 0.3 is 5.97 Å². The first-order valence-corrected chi connectivity index (χ1v) is 7.66. The minimum Gasteiger partial charge on any atom is -0.469 e. The predicted molar refractivity (Wildman–Crippen MR) is 83.6 cm³/mol. The molecule has 1 aromatic carbocycles. The lowest BCUT2D eigenvalue weighted by atomic mass is 9.98. The quantitative estimate of drug-likeness (QED) is 0.367. The van der Waals surface area contributed by atoms with Crippen molar-refractivity contribution in [2.45, 2.75) is 19.3 Å². The zero-order chi connectivity index (χ0) is 16.3. The number of thioether (sulfide) groups is 1. The molecule has 1 saturated heterocycles. The fourth-order valence-electron chi connectivity index (χ4n) is 2.14. The topological polar surface area (TPSA) is 86.5 Å². The monoisotopic (exact) mass is 321 g/mol. The number of hydrogen-bond acceptors (Lipinski definition) is 6. The summed E-state index contributed by atoms with van der Waals surface area (Å²) < 4.78 is 4.65. The minimum absolute atomic E-state index is 0.00584. The van der Waals surface area contributed by atoms with Crippen LogP contribution in [0.25, 0.3) is 6.08 Å². The number of hydrogen-bond donors (Lipinski definition) is 0. The van der Waals surface area contributed by atoms with Crippen LogP contribution in [0.5, 0.6) is 0 Å². The number of ether oxygens (including phenoxy) is 1. The third kappa shape index (κ3) is 3.36. The Labute approximate surface area is 131 Å². The van der Waals surface area contributed by atoms with Gasteiger partial charge < -0.3 is 4.74 Å². The Balaban J connectivity index is 2.42. The summed E-state index contributed by atoms with van der Waals surface area (Å²) in [7, 11) is 1.27. The molecule has 22 heavy (non-hydrogen) atoms. The lowest BCUT2D eigenvalue weighted by molar-refractivity contribution is -0.385. The summed E-state index contributed by atoms with van der Waals surface area (Å²) in [5.41, 5.74) is 0.746. The van der Waals surface area contributed by atoms with E-state index in [2.05, 4.69) is 4.74 Å². The second kappa shape index (κ2) is 6.74. The number of nitro groups is 1. The van der Waals surface area contributed by atoms with Gasteiger partial charge in [-0.2, -0.15) is 0 Å². The maximum absolute atomic E-state index is 11.6. The Hall–Kier alpha value is -2.15. The lowest BCUT2D eigenvalue weighted by Gasteiger charge is -2.10. The van der Waals surface area contributed by atoms with Gasteiger partial charge in [0.2, 0.25) is 0 Å². The van der Waals surface area contributed by atoms with E-state index in [0.717, 1.165) is 0 Å². The van der Waals surface area contributed by atoms with Crippen molar-refractivity contribution in [2.75, 3.05) is 12.9 Å². The van der Waals surface area contributed by atoms with Crippen molar-refractivity contribution in [3.63, 3.8) is 0 Å². The Morgan fingerprint density at radius 2 is 2.23 bits per heavy atom. The Bertz CT molecular complexity index is 668. The molecular weight excluding hydrogens is 306 g/mol.